The van der Waals surface area contributed by atoms with E-state index in [2.05, 4.69) is 4.98 Å². The first-order valence-electron chi connectivity index (χ1n) is 6.16. The highest BCUT2D eigenvalue weighted by Gasteiger charge is 2.22. The van der Waals surface area contributed by atoms with Crippen LogP contribution in [-0.4, -0.2) is 23.2 Å². The molecule has 4 heteroatoms. The Labute approximate surface area is 105 Å². The summed E-state index contributed by atoms with van der Waals surface area (Å²) in [6.07, 6.45) is 4.22. The molecule has 2 aromatic rings. The van der Waals surface area contributed by atoms with Crippen molar-refractivity contribution in [1.82, 2.24) is 4.98 Å². The molecule has 3 rings (SSSR count). The van der Waals surface area contributed by atoms with Gasteiger partial charge in [-0.1, -0.05) is 0 Å². The first-order chi connectivity index (χ1) is 8.72. The molecule has 0 fully saturated rings. The predicted molar refractivity (Wildman–Crippen MR) is 68.5 cm³/mol. The molecule has 0 bridgehead atoms. The number of carboxylic acids is 1. The summed E-state index contributed by atoms with van der Waals surface area (Å²) in [5.74, 6) is -0.167. The molecule has 1 aliphatic rings. The maximum absolute atomic E-state index is 11.3. The first kappa shape index (κ1) is 11.1. The van der Waals surface area contributed by atoms with Gasteiger partial charge in [-0.3, -0.25) is 0 Å². The van der Waals surface area contributed by atoms with E-state index in [9.17, 15) is 9.90 Å². The minimum Gasteiger partial charge on any atom is -0.495 e. The molecule has 1 aliphatic carbocycles. The fourth-order valence-corrected chi connectivity index (χ4v) is 2.84. The molecule has 0 saturated carbocycles. The van der Waals surface area contributed by atoms with Gasteiger partial charge in [0.1, 0.15) is 5.75 Å². The monoisotopic (exact) mass is 245 g/mol. The van der Waals surface area contributed by atoms with Crippen molar-refractivity contribution in [1.29, 1.82) is 0 Å². The zero-order valence-corrected chi connectivity index (χ0v) is 10.2. The summed E-state index contributed by atoms with van der Waals surface area (Å²) in [5.41, 5.74) is 3.52. The Kier molecular flexibility index (Phi) is 2.51. The lowest BCUT2D eigenvalue weighted by Crippen LogP contribution is -2.03. The predicted octanol–water partition coefficient (Wildman–Crippen LogP) is 2.75. The van der Waals surface area contributed by atoms with Gasteiger partial charge in [0.05, 0.1) is 18.2 Å². The summed E-state index contributed by atoms with van der Waals surface area (Å²) in [6.45, 7) is 0. The number of benzene rings is 1. The minimum absolute atomic E-state index is 0.366. The molecule has 18 heavy (non-hydrogen) atoms. The van der Waals surface area contributed by atoms with Crippen LogP contribution < -0.4 is 4.74 Å². The van der Waals surface area contributed by atoms with Gasteiger partial charge < -0.3 is 14.8 Å². The van der Waals surface area contributed by atoms with Gasteiger partial charge in [0.2, 0.25) is 0 Å². The molecule has 0 unspecified atom stereocenters. The maximum Gasteiger partial charge on any atom is 0.336 e. The smallest absolute Gasteiger partial charge is 0.336 e. The minimum atomic E-state index is -0.880. The number of rotatable bonds is 2. The largest absolute Gasteiger partial charge is 0.495 e. The van der Waals surface area contributed by atoms with E-state index < -0.39 is 5.97 Å². The average Bonchev–Trinajstić information content (AvgIpc) is 2.76. The van der Waals surface area contributed by atoms with Crippen molar-refractivity contribution in [2.45, 2.75) is 25.7 Å². The molecule has 1 aromatic carbocycles. The molecule has 0 atom stereocenters. The molecule has 0 amide bonds. The first-order valence-corrected chi connectivity index (χ1v) is 6.16. The van der Waals surface area contributed by atoms with E-state index in [0.29, 0.717) is 11.3 Å². The lowest BCUT2D eigenvalue weighted by molar-refractivity contribution is 0.0699. The van der Waals surface area contributed by atoms with Crippen molar-refractivity contribution in [3.63, 3.8) is 0 Å². The van der Waals surface area contributed by atoms with Gasteiger partial charge in [-0.05, 0) is 43.4 Å². The van der Waals surface area contributed by atoms with Gasteiger partial charge in [-0.15, -0.1) is 0 Å². The second kappa shape index (κ2) is 4.05. The molecule has 2 N–H and O–H groups in total. The van der Waals surface area contributed by atoms with E-state index >= 15 is 0 Å². The fourth-order valence-electron chi connectivity index (χ4n) is 2.84. The highest BCUT2D eigenvalue weighted by Crippen LogP contribution is 2.36. The van der Waals surface area contributed by atoms with Gasteiger partial charge in [-0.2, -0.15) is 0 Å². The number of aromatic nitrogens is 1. The molecule has 94 valence electrons. The Morgan fingerprint density at radius 2 is 2.11 bits per heavy atom. The van der Waals surface area contributed by atoms with Crippen molar-refractivity contribution in [3.05, 3.63) is 29.0 Å². The topological polar surface area (TPSA) is 62.3 Å². The van der Waals surface area contributed by atoms with Crippen molar-refractivity contribution in [2.24, 2.45) is 0 Å². The molecule has 1 aromatic heterocycles. The number of fused-ring (bicyclic) bond motifs is 3. The van der Waals surface area contributed by atoms with E-state index in [4.69, 9.17) is 4.74 Å². The number of aryl methyl sites for hydroxylation is 2. The molecule has 0 aliphatic heterocycles. The van der Waals surface area contributed by atoms with Gasteiger partial charge in [0.15, 0.2) is 0 Å². The van der Waals surface area contributed by atoms with Gasteiger partial charge in [-0.25, -0.2) is 4.79 Å². The third kappa shape index (κ3) is 1.49. The Balaban J connectivity index is 2.38. The SMILES string of the molecule is COc1ccc(C(=O)O)c2c3c([nH]c12)CCCC3. The molecule has 0 saturated heterocycles. The van der Waals surface area contributed by atoms with E-state index in [-0.39, 0.29) is 0 Å². The standard InChI is InChI=1S/C14H15NO3/c1-18-11-7-6-9(14(16)17)12-8-4-2-3-5-10(8)15-13(11)12/h6-7,15H,2-5H2,1H3,(H,16,17). The summed E-state index contributed by atoms with van der Waals surface area (Å²) in [4.78, 5) is 14.7. The van der Waals surface area contributed by atoms with Crippen molar-refractivity contribution in [2.75, 3.05) is 7.11 Å². The Hall–Kier alpha value is -1.97. The summed E-state index contributed by atoms with van der Waals surface area (Å²) >= 11 is 0. The number of aromatic carboxylic acids is 1. The molecule has 1 heterocycles. The van der Waals surface area contributed by atoms with Crippen molar-refractivity contribution < 1.29 is 14.6 Å². The van der Waals surface area contributed by atoms with Crippen LogP contribution in [0.15, 0.2) is 12.1 Å². The Morgan fingerprint density at radius 3 is 2.83 bits per heavy atom. The van der Waals surface area contributed by atoms with Crippen molar-refractivity contribution in [3.8, 4) is 5.75 Å². The zero-order valence-electron chi connectivity index (χ0n) is 10.2. The maximum atomic E-state index is 11.3. The van der Waals surface area contributed by atoms with Crippen LogP contribution in [0.5, 0.6) is 5.75 Å². The van der Waals surface area contributed by atoms with Crippen LogP contribution >= 0.6 is 0 Å². The lowest BCUT2D eigenvalue weighted by Gasteiger charge is -2.11. The van der Waals surface area contributed by atoms with Crippen LogP contribution in [0.1, 0.15) is 34.5 Å². The summed E-state index contributed by atoms with van der Waals surface area (Å²) in [7, 11) is 1.61. The third-order valence-electron chi connectivity index (χ3n) is 3.66. The van der Waals surface area contributed by atoms with E-state index in [1.807, 2.05) is 0 Å². The zero-order chi connectivity index (χ0) is 12.7. The van der Waals surface area contributed by atoms with Gasteiger partial charge >= 0.3 is 5.97 Å². The summed E-state index contributed by atoms with van der Waals surface area (Å²) in [6, 6.07) is 3.35. The van der Waals surface area contributed by atoms with E-state index in [1.54, 1.807) is 19.2 Å². The molecular weight excluding hydrogens is 230 g/mol. The summed E-state index contributed by atoms with van der Waals surface area (Å²) in [5, 5.41) is 10.1. The van der Waals surface area contributed by atoms with Crippen LogP contribution in [0, 0.1) is 0 Å². The Bertz CT molecular complexity index is 627. The number of hydrogen-bond donors (Lipinski definition) is 2. The number of carbonyl (C=O) groups is 1. The fraction of sp³-hybridized carbons (Fsp3) is 0.357. The highest BCUT2D eigenvalue weighted by molar-refractivity contribution is 6.06. The second-order valence-corrected chi connectivity index (χ2v) is 4.66. The van der Waals surface area contributed by atoms with E-state index in [0.717, 1.165) is 42.1 Å². The third-order valence-corrected chi connectivity index (χ3v) is 3.66. The number of carboxylic acid groups (broad SMARTS) is 1. The quantitative estimate of drug-likeness (QED) is 0.855. The number of nitrogens with one attached hydrogen (secondary N) is 1. The molecule has 0 spiro atoms. The van der Waals surface area contributed by atoms with Crippen LogP contribution in [0.25, 0.3) is 10.9 Å². The number of aromatic amines is 1. The summed E-state index contributed by atoms with van der Waals surface area (Å²) < 4.78 is 5.32. The van der Waals surface area contributed by atoms with Gasteiger partial charge in [0, 0.05) is 11.1 Å². The van der Waals surface area contributed by atoms with Crippen LogP contribution in [0.3, 0.4) is 0 Å². The molecular formula is C14H15NO3. The number of hydrogen-bond acceptors (Lipinski definition) is 2. The van der Waals surface area contributed by atoms with Crippen LogP contribution in [-0.2, 0) is 12.8 Å². The lowest BCUT2D eigenvalue weighted by atomic mass is 9.93. The van der Waals surface area contributed by atoms with E-state index in [1.165, 1.54) is 5.69 Å². The number of H-pyrrole nitrogens is 1. The Morgan fingerprint density at radius 1 is 1.33 bits per heavy atom. The van der Waals surface area contributed by atoms with Crippen LogP contribution in [0.2, 0.25) is 0 Å². The average molecular weight is 245 g/mol. The highest BCUT2D eigenvalue weighted by atomic mass is 16.5. The second-order valence-electron chi connectivity index (χ2n) is 4.66. The normalized spacial score (nSPS) is 14.5. The van der Waals surface area contributed by atoms with Gasteiger partial charge in [0.25, 0.3) is 0 Å². The number of ether oxygens (including phenoxy) is 1. The molecule has 0 radical (unpaired) electrons. The van der Waals surface area contributed by atoms with Crippen LogP contribution in [0.4, 0.5) is 0 Å². The molecule has 4 nitrogen and oxygen atoms in total. The number of methoxy groups -OCH3 is 1. The van der Waals surface area contributed by atoms with Crippen molar-refractivity contribution >= 4 is 16.9 Å².